The number of nitriles is 1. The molecule has 3 aromatic rings. The highest BCUT2D eigenvalue weighted by molar-refractivity contribution is 6.32. The van der Waals surface area contributed by atoms with Crippen LogP contribution in [0.1, 0.15) is 99.3 Å². The molecule has 5 amide bonds. The van der Waals surface area contributed by atoms with E-state index in [4.69, 9.17) is 11.6 Å². The molecule has 8 rings (SSSR count). The maximum atomic E-state index is 13.3. The Morgan fingerprint density at radius 3 is 2.24 bits per heavy atom. The third-order valence-corrected chi connectivity index (χ3v) is 12.4. The number of anilines is 2. The van der Waals surface area contributed by atoms with Gasteiger partial charge in [0.15, 0.2) is 0 Å². The number of rotatable bonds is 8. The van der Waals surface area contributed by atoms with E-state index in [1.54, 1.807) is 12.3 Å². The number of imide groups is 2. The first-order chi connectivity index (χ1) is 26.6. The predicted octanol–water partition coefficient (Wildman–Crippen LogP) is 4.42. The molecular weight excluding hydrogens is 720 g/mol. The van der Waals surface area contributed by atoms with Crippen LogP contribution in [0.25, 0.3) is 0 Å². The lowest BCUT2D eigenvalue weighted by atomic mass is 9.90. The number of nitrogens with zero attached hydrogens (tertiary/aromatic N) is 6. The lowest BCUT2D eigenvalue weighted by Gasteiger charge is -2.36. The summed E-state index contributed by atoms with van der Waals surface area (Å²) in [5, 5.41) is 15.1. The molecule has 0 bridgehead atoms. The molecule has 1 aromatic heterocycles. The number of halogens is 1. The number of piperidine rings is 2. The second kappa shape index (κ2) is 15.1. The first-order valence-electron chi connectivity index (χ1n) is 19.1. The van der Waals surface area contributed by atoms with E-state index in [9.17, 15) is 29.2 Å². The minimum Gasteiger partial charge on any atom is -0.372 e. The van der Waals surface area contributed by atoms with Gasteiger partial charge in [-0.15, -0.1) is 0 Å². The minimum atomic E-state index is -0.964. The Bertz CT molecular complexity index is 2060. The summed E-state index contributed by atoms with van der Waals surface area (Å²) in [6.45, 7) is 4.08. The van der Waals surface area contributed by atoms with E-state index in [0.717, 1.165) is 85.6 Å². The number of fused-ring (bicyclic) bond motifs is 2. The maximum absolute atomic E-state index is 13.3. The van der Waals surface area contributed by atoms with E-state index in [2.05, 4.69) is 36.4 Å². The molecule has 3 fully saturated rings. The van der Waals surface area contributed by atoms with Gasteiger partial charge in [0.1, 0.15) is 17.8 Å². The minimum absolute atomic E-state index is 0.0897. The third kappa shape index (κ3) is 7.28. The quantitative estimate of drug-likeness (QED) is 0.315. The van der Waals surface area contributed by atoms with Crippen molar-refractivity contribution in [2.45, 2.75) is 82.6 Å². The van der Waals surface area contributed by atoms with Gasteiger partial charge in [-0.3, -0.25) is 39.1 Å². The Morgan fingerprint density at radius 1 is 0.945 bits per heavy atom. The lowest BCUT2D eigenvalue weighted by molar-refractivity contribution is -0.136. The first-order valence-corrected chi connectivity index (χ1v) is 19.5. The SMILES string of the molecule is CN(c1ccc(C#N)c(Cl)c1)C1CCC(NC(=O)c2ccc(N3CCC(CN4Cc5cc6c(cc5C4)C(=O)N(C4CCC(=O)NC4=O)C6=O)CC3)cn2)CC1. The molecule has 5 aliphatic rings. The number of benzene rings is 2. The molecule has 284 valence electrons. The van der Waals surface area contributed by atoms with Crippen LogP contribution in [0.15, 0.2) is 48.7 Å². The van der Waals surface area contributed by atoms with Crippen molar-refractivity contribution < 1.29 is 24.0 Å². The van der Waals surface area contributed by atoms with Gasteiger partial charge in [-0.2, -0.15) is 5.26 Å². The van der Waals surface area contributed by atoms with Crippen molar-refractivity contribution in [3.05, 3.63) is 87.2 Å². The number of nitrogens with one attached hydrogen (secondary N) is 2. The smallest absolute Gasteiger partial charge is 0.270 e. The van der Waals surface area contributed by atoms with Gasteiger partial charge in [0.25, 0.3) is 17.7 Å². The highest BCUT2D eigenvalue weighted by Crippen LogP contribution is 2.35. The Labute approximate surface area is 324 Å². The summed E-state index contributed by atoms with van der Waals surface area (Å²) < 4.78 is 0. The van der Waals surface area contributed by atoms with Crippen LogP contribution in [0.5, 0.6) is 0 Å². The van der Waals surface area contributed by atoms with Gasteiger partial charge in [-0.1, -0.05) is 11.6 Å². The molecule has 1 aliphatic carbocycles. The molecule has 4 aliphatic heterocycles. The van der Waals surface area contributed by atoms with Crippen LogP contribution in [0, 0.1) is 17.2 Å². The van der Waals surface area contributed by atoms with Gasteiger partial charge in [-0.25, -0.2) is 4.98 Å². The summed E-state index contributed by atoms with van der Waals surface area (Å²) in [5.41, 5.74) is 5.59. The lowest BCUT2D eigenvalue weighted by Crippen LogP contribution is -2.54. The third-order valence-electron chi connectivity index (χ3n) is 12.1. The molecule has 2 saturated heterocycles. The summed E-state index contributed by atoms with van der Waals surface area (Å²) in [6, 6.07) is 14.5. The average Bonchev–Trinajstić information content (AvgIpc) is 3.69. The van der Waals surface area contributed by atoms with E-state index in [1.807, 2.05) is 43.4 Å². The normalized spacial score (nSPS) is 23.0. The first kappa shape index (κ1) is 36.6. The molecule has 2 aromatic carbocycles. The molecule has 1 unspecified atom stereocenters. The highest BCUT2D eigenvalue weighted by atomic mass is 35.5. The van der Waals surface area contributed by atoms with Crippen molar-refractivity contribution >= 4 is 52.5 Å². The Hall–Kier alpha value is -5.32. The van der Waals surface area contributed by atoms with Crippen molar-refractivity contribution in [3.63, 3.8) is 0 Å². The van der Waals surface area contributed by atoms with Gasteiger partial charge in [0.2, 0.25) is 11.8 Å². The summed E-state index contributed by atoms with van der Waals surface area (Å²) >= 11 is 6.26. The number of hydrogen-bond acceptors (Lipinski definition) is 10. The molecule has 5 heterocycles. The zero-order chi connectivity index (χ0) is 38.4. The fourth-order valence-corrected chi connectivity index (χ4v) is 9.12. The van der Waals surface area contributed by atoms with E-state index >= 15 is 0 Å². The molecule has 13 nitrogen and oxygen atoms in total. The zero-order valence-corrected chi connectivity index (χ0v) is 31.5. The van der Waals surface area contributed by atoms with E-state index in [1.165, 1.54) is 0 Å². The van der Waals surface area contributed by atoms with Gasteiger partial charge < -0.3 is 15.1 Å². The molecule has 14 heteroatoms. The number of carbonyl (C=O) groups is 5. The van der Waals surface area contributed by atoms with Crippen molar-refractivity contribution in [1.82, 2.24) is 25.4 Å². The number of aromatic nitrogens is 1. The van der Waals surface area contributed by atoms with Crippen molar-refractivity contribution in [2.75, 3.05) is 36.5 Å². The van der Waals surface area contributed by atoms with E-state index in [-0.39, 0.29) is 30.7 Å². The van der Waals surface area contributed by atoms with Crippen molar-refractivity contribution in [3.8, 4) is 6.07 Å². The largest absolute Gasteiger partial charge is 0.372 e. The van der Waals surface area contributed by atoms with Crippen LogP contribution in [0.3, 0.4) is 0 Å². The van der Waals surface area contributed by atoms with Gasteiger partial charge in [0, 0.05) is 64.0 Å². The topological polar surface area (TPSA) is 159 Å². The molecule has 0 radical (unpaired) electrons. The molecule has 2 N–H and O–H groups in total. The number of pyridine rings is 1. The van der Waals surface area contributed by atoms with Gasteiger partial charge in [0.05, 0.1) is 33.6 Å². The van der Waals surface area contributed by atoms with E-state index < -0.39 is 23.8 Å². The number of hydrogen-bond donors (Lipinski definition) is 2. The number of carbonyl (C=O) groups excluding carboxylic acids is 5. The predicted molar refractivity (Wildman–Crippen MR) is 204 cm³/mol. The molecule has 1 atom stereocenters. The summed E-state index contributed by atoms with van der Waals surface area (Å²) in [7, 11) is 2.05. The molecule has 0 spiro atoms. The fourth-order valence-electron chi connectivity index (χ4n) is 8.91. The Balaban J connectivity index is 0.784. The Kier molecular flexibility index (Phi) is 10.0. The average molecular weight is 763 g/mol. The van der Waals surface area contributed by atoms with Crippen LogP contribution in [0.4, 0.5) is 11.4 Å². The summed E-state index contributed by atoms with van der Waals surface area (Å²) in [6.07, 6.45) is 7.66. The second-order valence-electron chi connectivity index (χ2n) is 15.5. The zero-order valence-electron chi connectivity index (χ0n) is 30.7. The van der Waals surface area contributed by atoms with Gasteiger partial charge in [-0.05, 0) is 104 Å². The monoisotopic (exact) mass is 762 g/mol. The van der Waals surface area contributed by atoms with Crippen LogP contribution in [-0.2, 0) is 22.7 Å². The fraction of sp³-hybridized carbons (Fsp3) is 0.439. The summed E-state index contributed by atoms with van der Waals surface area (Å²) in [5.74, 6) is -1.59. The molecule has 1 saturated carbocycles. The maximum Gasteiger partial charge on any atom is 0.270 e. The molecule has 55 heavy (non-hydrogen) atoms. The van der Waals surface area contributed by atoms with Crippen LogP contribution in [0.2, 0.25) is 5.02 Å². The highest BCUT2D eigenvalue weighted by Gasteiger charge is 2.45. The number of amides is 5. The van der Waals surface area contributed by atoms with Crippen LogP contribution >= 0.6 is 11.6 Å². The standard InChI is InChI=1S/C41H43ClN8O5/c1-47(30-5-2-25(19-43)34(42)18-30)29-6-3-28(4-7-29)45-38(52)35-9-8-31(20-44-35)49-14-12-24(13-15-49)21-48-22-26-16-32-33(17-27(26)23-48)41(55)50(40(32)54)36-10-11-37(51)46-39(36)53/h2,5,8-9,16-18,20,24,28-29,36H,3-4,6-7,10-15,21-23H2,1H3,(H,45,52)(H,46,51,53). The van der Waals surface area contributed by atoms with Gasteiger partial charge >= 0.3 is 0 Å². The van der Waals surface area contributed by atoms with E-state index in [0.29, 0.717) is 52.5 Å². The second-order valence-corrected chi connectivity index (χ2v) is 15.9. The van der Waals surface area contributed by atoms with Crippen molar-refractivity contribution in [2.24, 2.45) is 5.92 Å². The molecular formula is C41H43ClN8O5. The Morgan fingerprint density at radius 2 is 1.64 bits per heavy atom. The van der Waals surface area contributed by atoms with Crippen molar-refractivity contribution in [1.29, 1.82) is 5.26 Å². The van der Waals surface area contributed by atoms with Crippen LogP contribution < -0.4 is 20.4 Å². The van der Waals surface area contributed by atoms with Crippen LogP contribution in [-0.4, -0.2) is 89.1 Å². The summed E-state index contributed by atoms with van der Waals surface area (Å²) in [4.78, 5) is 76.2.